The van der Waals surface area contributed by atoms with E-state index in [1.807, 2.05) is 18.1 Å². The molecule has 2 saturated heterocycles. The summed E-state index contributed by atoms with van der Waals surface area (Å²) in [5.41, 5.74) is 0.900. The quantitative estimate of drug-likeness (QED) is 0.839. The molecule has 0 radical (unpaired) electrons. The maximum Gasteiger partial charge on any atom is 0.244 e. The molecule has 134 valence electrons. The lowest BCUT2D eigenvalue weighted by Crippen LogP contribution is -2.59. The van der Waals surface area contributed by atoms with Gasteiger partial charge in [-0.05, 0) is 19.3 Å². The zero-order valence-electron chi connectivity index (χ0n) is 14.8. The maximum absolute atomic E-state index is 13.0. The number of piperidine rings is 1. The van der Waals surface area contributed by atoms with E-state index in [-0.39, 0.29) is 24.6 Å². The van der Waals surface area contributed by atoms with Crippen molar-refractivity contribution < 1.29 is 9.90 Å². The minimum Gasteiger partial charge on any atom is -0.395 e. The predicted octanol–water partition coefficient (Wildman–Crippen LogP) is 0.304. The predicted molar refractivity (Wildman–Crippen MR) is 92.9 cm³/mol. The number of anilines is 1. The molecule has 1 amide bonds. The molecule has 2 aliphatic heterocycles. The molecule has 2 aliphatic rings. The number of carbonyl (C=O) groups excluding carboxylic acids is 1. The molecule has 0 aliphatic carbocycles. The van der Waals surface area contributed by atoms with Gasteiger partial charge in [-0.1, -0.05) is 6.92 Å². The van der Waals surface area contributed by atoms with Gasteiger partial charge < -0.3 is 10.0 Å². The third kappa shape index (κ3) is 3.48. The van der Waals surface area contributed by atoms with Crippen LogP contribution in [0, 0.1) is 0 Å². The van der Waals surface area contributed by atoms with Gasteiger partial charge in [0, 0.05) is 52.0 Å². The van der Waals surface area contributed by atoms with Gasteiger partial charge in [0.15, 0.2) is 0 Å². The zero-order valence-corrected chi connectivity index (χ0v) is 14.8. The number of nitrogens with zero attached hydrogens (tertiary/aromatic N) is 5. The van der Waals surface area contributed by atoms with Crippen LogP contribution in [0.3, 0.4) is 0 Å². The summed E-state index contributed by atoms with van der Waals surface area (Å²) in [7, 11) is 1.87. The zero-order chi connectivity index (χ0) is 17.1. The Morgan fingerprint density at radius 2 is 2.04 bits per heavy atom. The van der Waals surface area contributed by atoms with Gasteiger partial charge in [0.2, 0.25) is 5.91 Å². The Morgan fingerprint density at radius 1 is 1.29 bits per heavy atom. The van der Waals surface area contributed by atoms with Crippen molar-refractivity contribution in [2.45, 2.75) is 38.3 Å². The Bertz CT molecular complexity index is 549. The molecule has 3 heterocycles. The van der Waals surface area contributed by atoms with Gasteiger partial charge in [-0.25, -0.2) is 0 Å². The normalized spacial score (nSPS) is 25.2. The number of amides is 1. The average molecular weight is 335 g/mol. The van der Waals surface area contributed by atoms with Crippen LogP contribution in [0.15, 0.2) is 12.4 Å². The number of aliphatic hydroxyl groups excluding tert-OH is 1. The topological polar surface area (TPSA) is 64.8 Å². The van der Waals surface area contributed by atoms with Crippen LogP contribution in [0.1, 0.15) is 26.2 Å². The number of carbonyl (C=O) groups is 1. The molecule has 2 fully saturated rings. The first-order chi connectivity index (χ1) is 11.6. The van der Waals surface area contributed by atoms with Crippen LogP contribution >= 0.6 is 0 Å². The number of rotatable bonds is 5. The molecule has 1 aromatic rings. The lowest BCUT2D eigenvalue weighted by molar-refractivity contribution is -0.126. The fourth-order valence-corrected chi connectivity index (χ4v) is 3.92. The van der Waals surface area contributed by atoms with Crippen molar-refractivity contribution in [1.29, 1.82) is 0 Å². The molecule has 7 heteroatoms. The smallest absolute Gasteiger partial charge is 0.244 e. The second-order valence-corrected chi connectivity index (χ2v) is 6.84. The van der Waals surface area contributed by atoms with Crippen LogP contribution in [0.2, 0.25) is 0 Å². The fourth-order valence-electron chi connectivity index (χ4n) is 3.92. The number of aliphatic hydroxyl groups is 1. The first-order valence-electron chi connectivity index (χ1n) is 9.03. The van der Waals surface area contributed by atoms with Crippen LogP contribution in [0.4, 0.5) is 5.69 Å². The number of piperazine rings is 1. The minimum atomic E-state index is -0.0182. The summed E-state index contributed by atoms with van der Waals surface area (Å²) in [4.78, 5) is 19.5. The summed E-state index contributed by atoms with van der Waals surface area (Å²) in [6, 6.07) is 0.233. The van der Waals surface area contributed by atoms with Gasteiger partial charge in [-0.15, -0.1) is 0 Å². The molecule has 0 aromatic carbocycles. The van der Waals surface area contributed by atoms with Gasteiger partial charge in [-0.2, -0.15) is 5.10 Å². The Hall–Kier alpha value is -1.44. The van der Waals surface area contributed by atoms with E-state index in [0.717, 1.165) is 57.7 Å². The highest BCUT2D eigenvalue weighted by Gasteiger charge is 2.36. The molecule has 0 saturated carbocycles. The highest BCUT2D eigenvalue weighted by atomic mass is 16.3. The van der Waals surface area contributed by atoms with E-state index in [1.165, 1.54) is 0 Å². The van der Waals surface area contributed by atoms with E-state index < -0.39 is 0 Å². The Morgan fingerprint density at radius 3 is 2.62 bits per heavy atom. The van der Waals surface area contributed by atoms with Crippen molar-refractivity contribution in [3.8, 4) is 0 Å². The van der Waals surface area contributed by atoms with E-state index in [1.54, 1.807) is 10.9 Å². The average Bonchev–Trinajstić information content (AvgIpc) is 3.03. The first-order valence-corrected chi connectivity index (χ1v) is 9.03. The standard InChI is InChI=1S/C17H29N5O2/c1-3-14(13-23)20-7-9-21(10-8-20)16-5-4-6-22(17(16)24)15-11-18-19(2)12-15/h11-12,14,16,23H,3-10,13H2,1-2H3. The molecular formula is C17H29N5O2. The Kier molecular flexibility index (Phi) is 5.53. The van der Waals surface area contributed by atoms with Crippen molar-refractivity contribution in [1.82, 2.24) is 19.6 Å². The highest BCUT2D eigenvalue weighted by Crippen LogP contribution is 2.24. The van der Waals surface area contributed by atoms with Crippen LogP contribution < -0.4 is 4.90 Å². The third-order valence-electron chi connectivity index (χ3n) is 5.40. The van der Waals surface area contributed by atoms with Crippen LogP contribution in [-0.4, -0.2) is 82.0 Å². The minimum absolute atomic E-state index is 0.0182. The second-order valence-electron chi connectivity index (χ2n) is 6.84. The SMILES string of the molecule is CCC(CO)N1CCN(C2CCCN(c3cnn(C)c3)C2=O)CC1. The summed E-state index contributed by atoms with van der Waals surface area (Å²) in [6.45, 7) is 6.76. The van der Waals surface area contributed by atoms with Crippen molar-refractivity contribution in [2.75, 3.05) is 44.2 Å². The molecule has 24 heavy (non-hydrogen) atoms. The van der Waals surface area contributed by atoms with Crippen LogP contribution in [-0.2, 0) is 11.8 Å². The molecule has 0 bridgehead atoms. The van der Waals surface area contributed by atoms with Crippen molar-refractivity contribution >= 4 is 11.6 Å². The van der Waals surface area contributed by atoms with Crippen molar-refractivity contribution in [3.05, 3.63) is 12.4 Å². The second kappa shape index (κ2) is 7.63. The lowest BCUT2D eigenvalue weighted by atomic mass is 10.0. The number of aryl methyl sites for hydroxylation is 1. The van der Waals surface area contributed by atoms with E-state index in [2.05, 4.69) is 21.8 Å². The lowest BCUT2D eigenvalue weighted by Gasteiger charge is -2.43. The fraction of sp³-hybridized carbons (Fsp3) is 0.765. The van der Waals surface area contributed by atoms with Gasteiger partial charge >= 0.3 is 0 Å². The maximum atomic E-state index is 13.0. The molecule has 7 nitrogen and oxygen atoms in total. The molecule has 1 N–H and O–H groups in total. The van der Waals surface area contributed by atoms with E-state index in [9.17, 15) is 9.90 Å². The summed E-state index contributed by atoms with van der Waals surface area (Å²) in [5, 5.41) is 13.7. The Balaban J connectivity index is 1.62. The molecular weight excluding hydrogens is 306 g/mol. The highest BCUT2D eigenvalue weighted by molar-refractivity contribution is 5.97. The Labute approximate surface area is 143 Å². The largest absolute Gasteiger partial charge is 0.395 e. The molecule has 1 aromatic heterocycles. The van der Waals surface area contributed by atoms with Crippen molar-refractivity contribution in [2.24, 2.45) is 7.05 Å². The molecule has 2 unspecified atom stereocenters. The van der Waals surface area contributed by atoms with Gasteiger partial charge in [0.1, 0.15) is 0 Å². The molecule has 0 spiro atoms. The van der Waals surface area contributed by atoms with Crippen LogP contribution in [0.5, 0.6) is 0 Å². The van der Waals surface area contributed by atoms with E-state index >= 15 is 0 Å². The summed E-state index contributed by atoms with van der Waals surface area (Å²) >= 11 is 0. The number of hydrogen-bond acceptors (Lipinski definition) is 5. The summed E-state index contributed by atoms with van der Waals surface area (Å²) < 4.78 is 1.74. The van der Waals surface area contributed by atoms with Gasteiger partial charge in [0.25, 0.3) is 0 Å². The van der Waals surface area contributed by atoms with E-state index in [0.29, 0.717) is 0 Å². The first kappa shape index (κ1) is 17.4. The van der Waals surface area contributed by atoms with Gasteiger partial charge in [0.05, 0.1) is 24.5 Å². The third-order valence-corrected chi connectivity index (χ3v) is 5.40. The molecule has 3 rings (SSSR count). The monoisotopic (exact) mass is 335 g/mol. The van der Waals surface area contributed by atoms with Crippen molar-refractivity contribution in [3.63, 3.8) is 0 Å². The summed E-state index contributed by atoms with van der Waals surface area (Å²) in [6.07, 6.45) is 6.61. The van der Waals surface area contributed by atoms with E-state index in [4.69, 9.17) is 0 Å². The number of hydrogen-bond donors (Lipinski definition) is 1. The molecule has 2 atom stereocenters. The summed E-state index contributed by atoms with van der Waals surface area (Å²) in [5.74, 6) is 0.205. The number of aromatic nitrogens is 2. The van der Waals surface area contributed by atoms with Gasteiger partial charge in [-0.3, -0.25) is 19.3 Å². The van der Waals surface area contributed by atoms with Crippen LogP contribution in [0.25, 0.3) is 0 Å².